The Bertz CT molecular complexity index is 1360. The van der Waals surface area contributed by atoms with E-state index in [9.17, 15) is 40.9 Å². The maximum absolute atomic E-state index is 14.1. The van der Waals surface area contributed by atoms with Gasteiger partial charge in [0, 0.05) is 24.2 Å². The van der Waals surface area contributed by atoms with Crippen LogP contribution in [0.15, 0.2) is 42.7 Å². The number of imidazole rings is 1. The van der Waals surface area contributed by atoms with Crippen LogP contribution in [0.3, 0.4) is 0 Å². The van der Waals surface area contributed by atoms with Crippen molar-refractivity contribution >= 4 is 11.0 Å². The van der Waals surface area contributed by atoms with Crippen molar-refractivity contribution in [3.8, 4) is 5.75 Å². The van der Waals surface area contributed by atoms with Gasteiger partial charge >= 0.3 is 12.4 Å². The molecule has 3 N–H and O–H groups in total. The number of alkyl halides is 7. The third-order valence-electron chi connectivity index (χ3n) is 7.72. The molecular weight excluding hydrogens is 547 g/mol. The molecule has 0 spiro atoms. The van der Waals surface area contributed by atoms with E-state index < -0.39 is 53.4 Å². The van der Waals surface area contributed by atoms with Gasteiger partial charge in [0.2, 0.25) is 0 Å². The molecule has 0 bridgehead atoms. The fourth-order valence-electron chi connectivity index (χ4n) is 5.83. The third-order valence-corrected chi connectivity index (χ3v) is 7.72. The summed E-state index contributed by atoms with van der Waals surface area (Å²) in [6, 6.07) is 4.27. The molecule has 2 aromatic carbocycles. The molecule has 3 atom stereocenters. The lowest BCUT2D eigenvalue weighted by Crippen LogP contribution is -2.55. The van der Waals surface area contributed by atoms with E-state index in [1.165, 1.54) is 17.0 Å². The summed E-state index contributed by atoms with van der Waals surface area (Å²) < 4.78 is 102. The molecule has 1 saturated carbocycles. The van der Waals surface area contributed by atoms with Crippen LogP contribution in [-0.2, 0) is 18.0 Å². The van der Waals surface area contributed by atoms with Crippen LogP contribution < -0.4 is 10.1 Å². The molecule has 40 heavy (non-hydrogen) atoms. The van der Waals surface area contributed by atoms with Gasteiger partial charge in [0.1, 0.15) is 19.0 Å². The molecule has 5 rings (SSSR count). The van der Waals surface area contributed by atoms with Gasteiger partial charge in [0.05, 0.1) is 39.7 Å². The minimum Gasteiger partial charge on any atom is -0.492 e. The summed E-state index contributed by atoms with van der Waals surface area (Å²) >= 11 is 0. The molecule has 13 heteroatoms. The number of aromatic nitrogens is 2. The van der Waals surface area contributed by atoms with E-state index >= 15 is 0 Å². The quantitative estimate of drug-likeness (QED) is 0.338. The second-order valence-corrected chi connectivity index (χ2v) is 11.1. The van der Waals surface area contributed by atoms with Gasteiger partial charge in [-0.25, -0.2) is 9.37 Å². The molecule has 3 aromatic rings. The fourth-order valence-corrected chi connectivity index (χ4v) is 5.83. The number of piperidine rings is 1. The first-order chi connectivity index (χ1) is 18.6. The lowest BCUT2D eigenvalue weighted by atomic mass is 9.77. The Morgan fingerprint density at radius 3 is 2.20 bits per heavy atom. The number of hydrogen-bond donors (Lipinski definition) is 3. The molecule has 6 nitrogen and oxygen atoms in total. The lowest BCUT2D eigenvalue weighted by molar-refractivity contribution is -0.138. The van der Waals surface area contributed by atoms with E-state index in [4.69, 9.17) is 4.74 Å². The summed E-state index contributed by atoms with van der Waals surface area (Å²) in [6.07, 6.45) is -7.58. The van der Waals surface area contributed by atoms with Crippen molar-refractivity contribution in [3.05, 3.63) is 59.4 Å². The first-order valence-electron chi connectivity index (χ1n) is 12.7. The molecular formula is C27H28F7N3O3. The smallest absolute Gasteiger partial charge is 0.418 e. The van der Waals surface area contributed by atoms with Crippen LogP contribution in [0.2, 0.25) is 0 Å². The molecule has 3 unspecified atom stereocenters. The van der Waals surface area contributed by atoms with Crippen LogP contribution in [0.1, 0.15) is 55.3 Å². The van der Waals surface area contributed by atoms with Crippen molar-refractivity contribution in [1.82, 2.24) is 14.9 Å². The minimum absolute atomic E-state index is 0.0517. The summed E-state index contributed by atoms with van der Waals surface area (Å²) in [5.74, 6) is -0.132. The Balaban J connectivity index is 1.37. The van der Waals surface area contributed by atoms with Gasteiger partial charge in [0.15, 0.2) is 0 Å². The van der Waals surface area contributed by atoms with E-state index in [0.29, 0.717) is 12.8 Å². The highest BCUT2D eigenvalue weighted by molar-refractivity contribution is 5.82. The monoisotopic (exact) mass is 575 g/mol. The molecule has 0 radical (unpaired) electrons. The van der Waals surface area contributed by atoms with Crippen molar-refractivity contribution in [3.63, 3.8) is 0 Å². The zero-order chi connectivity index (χ0) is 29.1. The molecule has 218 valence electrons. The van der Waals surface area contributed by atoms with Crippen molar-refractivity contribution < 1.29 is 45.7 Å². The van der Waals surface area contributed by atoms with Gasteiger partial charge < -0.3 is 24.8 Å². The predicted octanol–water partition coefficient (Wildman–Crippen LogP) is 5.52. The SMILES string of the molecule is CC1(O)CC(n2cnc3cc(OCC4CC(O)(c5ccc(C(F)(F)F)cc5)CC(CF)N4)cc(C(F)(F)F)c32)C1. The number of nitrogens with one attached hydrogen (secondary N) is 1. The minimum atomic E-state index is -4.73. The van der Waals surface area contributed by atoms with Crippen LogP contribution in [0.25, 0.3) is 11.0 Å². The first-order valence-corrected chi connectivity index (χ1v) is 12.7. The standard InChI is InChI=1S/C27H28F7N3O3/c1-24(38)10-19(11-24)37-14-35-22-7-20(6-21(23(22)37)27(32,33)34)40-13-18-9-25(39,8-17(12-28)36-18)15-2-4-16(5-3-15)26(29,30)31/h2-7,14,17-19,36,38-39H,8-13H2,1H3. The molecule has 1 aliphatic carbocycles. The number of halogens is 7. The highest BCUT2D eigenvalue weighted by Gasteiger charge is 2.43. The molecule has 1 saturated heterocycles. The van der Waals surface area contributed by atoms with Crippen LogP contribution in [-0.4, -0.2) is 50.7 Å². The number of ether oxygens (including phenoxy) is 1. The Hall–Kier alpha value is -2.90. The predicted molar refractivity (Wildman–Crippen MR) is 130 cm³/mol. The summed E-state index contributed by atoms with van der Waals surface area (Å²) in [5.41, 5.74) is -4.37. The molecule has 2 fully saturated rings. The van der Waals surface area contributed by atoms with Gasteiger partial charge in [-0.3, -0.25) is 0 Å². The van der Waals surface area contributed by atoms with Crippen LogP contribution in [0.4, 0.5) is 30.7 Å². The van der Waals surface area contributed by atoms with Crippen molar-refractivity contribution in [1.29, 1.82) is 0 Å². The summed E-state index contributed by atoms with van der Waals surface area (Å²) in [7, 11) is 0. The topological polar surface area (TPSA) is 79.5 Å². The number of fused-ring (bicyclic) bond motifs is 1. The number of rotatable bonds is 6. The van der Waals surface area contributed by atoms with Gasteiger partial charge in [-0.05, 0) is 56.4 Å². The molecule has 0 amide bonds. The molecule has 1 aromatic heterocycles. The largest absolute Gasteiger partial charge is 0.492 e. The van der Waals surface area contributed by atoms with Gasteiger partial charge in [0.25, 0.3) is 0 Å². The van der Waals surface area contributed by atoms with Crippen LogP contribution in [0, 0.1) is 0 Å². The number of hydrogen-bond acceptors (Lipinski definition) is 5. The second kappa shape index (κ2) is 9.88. The zero-order valence-corrected chi connectivity index (χ0v) is 21.4. The van der Waals surface area contributed by atoms with E-state index in [2.05, 4.69) is 10.3 Å². The van der Waals surface area contributed by atoms with Crippen LogP contribution >= 0.6 is 0 Å². The number of nitrogens with zero attached hydrogens (tertiary/aromatic N) is 2. The lowest BCUT2D eigenvalue weighted by Gasteiger charge is -2.42. The van der Waals surface area contributed by atoms with Crippen molar-refractivity contribution in [2.75, 3.05) is 13.3 Å². The highest BCUT2D eigenvalue weighted by Crippen LogP contribution is 2.45. The first kappa shape index (κ1) is 28.6. The van der Waals surface area contributed by atoms with Gasteiger partial charge in [-0.15, -0.1) is 0 Å². The fraction of sp³-hybridized carbons (Fsp3) is 0.519. The molecule has 2 aliphatic rings. The molecule has 1 aliphatic heterocycles. The Labute approximate surface area is 224 Å². The number of aliphatic hydroxyl groups is 2. The normalized spacial score (nSPS) is 29.4. The Kier molecular flexibility index (Phi) is 7.07. The average Bonchev–Trinajstić information content (AvgIpc) is 3.27. The van der Waals surface area contributed by atoms with Crippen molar-refractivity contribution in [2.24, 2.45) is 0 Å². The van der Waals surface area contributed by atoms with Crippen LogP contribution in [0.5, 0.6) is 5.75 Å². The van der Waals surface area contributed by atoms with E-state index in [1.54, 1.807) is 6.92 Å². The third kappa shape index (κ3) is 5.64. The summed E-state index contributed by atoms with van der Waals surface area (Å²) in [4.78, 5) is 4.13. The van der Waals surface area contributed by atoms with Crippen molar-refractivity contribution in [2.45, 2.75) is 74.3 Å². The number of benzene rings is 2. The summed E-state index contributed by atoms with van der Waals surface area (Å²) in [6.45, 7) is 0.494. The van der Waals surface area contributed by atoms with Gasteiger partial charge in [-0.2, -0.15) is 26.3 Å². The highest BCUT2D eigenvalue weighted by atomic mass is 19.4. The second-order valence-electron chi connectivity index (χ2n) is 11.1. The Morgan fingerprint density at radius 2 is 1.62 bits per heavy atom. The zero-order valence-electron chi connectivity index (χ0n) is 21.4. The Morgan fingerprint density at radius 1 is 0.975 bits per heavy atom. The van der Waals surface area contributed by atoms with E-state index in [0.717, 1.165) is 30.3 Å². The van der Waals surface area contributed by atoms with E-state index in [1.807, 2.05) is 0 Å². The van der Waals surface area contributed by atoms with E-state index in [-0.39, 0.29) is 47.8 Å². The molecule has 2 heterocycles. The maximum atomic E-state index is 14.1. The maximum Gasteiger partial charge on any atom is 0.418 e. The average molecular weight is 576 g/mol. The van der Waals surface area contributed by atoms with Gasteiger partial charge in [-0.1, -0.05) is 12.1 Å². The summed E-state index contributed by atoms with van der Waals surface area (Å²) in [5, 5.41) is 24.3.